The van der Waals surface area contributed by atoms with Gasteiger partial charge in [0.1, 0.15) is 0 Å². The van der Waals surface area contributed by atoms with Crippen molar-refractivity contribution in [2.45, 2.75) is 19.5 Å². The van der Waals surface area contributed by atoms with Gasteiger partial charge in [-0.25, -0.2) is 0 Å². The third-order valence-electron chi connectivity index (χ3n) is 3.33. The van der Waals surface area contributed by atoms with E-state index in [9.17, 15) is 0 Å². The lowest BCUT2D eigenvalue weighted by molar-refractivity contribution is 0.693. The summed E-state index contributed by atoms with van der Waals surface area (Å²) >= 11 is 0. The molecule has 18 heavy (non-hydrogen) atoms. The topological polar surface area (TPSA) is 37.0 Å². The Morgan fingerprint density at radius 2 is 2.00 bits per heavy atom. The zero-order chi connectivity index (χ0) is 12.2. The molecule has 0 amide bonds. The van der Waals surface area contributed by atoms with Crippen molar-refractivity contribution in [3.8, 4) is 0 Å². The molecule has 1 aromatic heterocycles. The first kappa shape index (κ1) is 11.2. The highest BCUT2D eigenvalue weighted by molar-refractivity contribution is 5.61. The second kappa shape index (κ2) is 5.19. The highest BCUT2D eigenvalue weighted by atomic mass is 14.9. The third kappa shape index (κ3) is 2.36. The molecule has 0 atom stereocenters. The molecule has 2 N–H and O–H groups in total. The number of anilines is 1. The van der Waals surface area contributed by atoms with Crippen LogP contribution in [-0.2, 0) is 19.5 Å². The second-order valence-corrected chi connectivity index (χ2v) is 4.59. The summed E-state index contributed by atoms with van der Waals surface area (Å²) < 4.78 is 0. The lowest BCUT2D eigenvalue weighted by Crippen LogP contribution is -2.13. The summed E-state index contributed by atoms with van der Waals surface area (Å²) in [6, 6.07) is 10.6. The Morgan fingerprint density at radius 3 is 2.89 bits per heavy atom. The summed E-state index contributed by atoms with van der Waals surface area (Å²) in [5, 5.41) is 6.95. The molecule has 0 unspecified atom stereocenters. The molecule has 1 aromatic carbocycles. The summed E-state index contributed by atoms with van der Waals surface area (Å²) in [4.78, 5) is 4.02. The summed E-state index contributed by atoms with van der Waals surface area (Å²) in [5.41, 5.74) is 5.41. The first-order valence-corrected chi connectivity index (χ1v) is 6.38. The molecule has 2 aromatic rings. The highest BCUT2D eigenvalue weighted by Gasteiger charge is 2.12. The summed E-state index contributed by atoms with van der Waals surface area (Å²) in [7, 11) is 0. The van der Waals surface area contributed by atoms with Gasteiger partial charge in [-0.15, -0.1) is 0 Å². The van der Waals surface area contributed by atoms with Crippen molar-refractivity contribution in [3.63, 3.8) is 0 Å². The van der Waals surface area contributed by atoms with Gasteiger partial charge in [0.15, 0.2) is 0 Å². The van der Waals surface area contributed by atoms with Gasteiger partial charge < -0.3 is 10.6 Å². The minimum Gasteiger partial charge on any atom is -0.384 e. The lowest BCUT2D eigenvalue weighted by atomic mass is 10.1. The standard InChI is InChI=1S/C15H17N3/c1-2-13-6-9-18-15(13)14(3-1)11-17-10-12-4-7-16-8-5-12/h1-5,7-8,17-18H,6,9-11H2. The van der Waals surface area contributed by atoms with Crippen LogP contribution in [0.25, 0.3) is 0 Å². The third-order valence-corrected chi connectivity index (χ3v) is 3.33. The van der Waals surface area contributed by atoms with Crippen LogP contribution in [0.1, 0.15) is 16.7 Å². The number of benzene rings is 1. The molecule has 2 heterocycles. The van der Waals surface area contributed by atoms with Crippen LogP contribution in [0.4, 0.5) is 5.69 Å². The molecular weight excluding hydrogens is 222 g/mol. The van der Waals surface area contributed by atoms with Gasteiger partial charge in [0, 0.05) is 37.7 Å². The molecule has 3 heteroatoms. The van der Waals surface area contributed by atoms with Crippen LogP contribution in [0.15, 0.2) is 42.7 Å². The van der Waals surface area contributed by atoms with E-state index >= 15 is 0 Å². The fourth-order valence-electron chi connectivity index (χ4n) is 2.40. The molecule has 0 fully saturated rings. The average molecular weight is 239 g/mol. The Kier molecular flexibility index (Phi) is 3.24. The van der Waals surface area contributed by atoms with Crippen LogP contribution in [-0.4, -0.2) is 11.5 Å². The Bertz CT molecular complexity index is 523. The monoisotopic (exact) mass is 239 g/mol. The van der Waals surface area contributed by atoms with Crippen molar-refractivity contribution >= 4 is 5.69 Å². The largest absolute Gasteiger partial charge is 0.384 e. The zero-order valence-corrected chi connectivity index (χ0v) is 10.3. The van der Waals surface area contributed by atoms with Crippen molar-refractivity contribution < 1.29 is 0 Å². The van der Waals surface area contributed by atoms with Gasteiger partial charge in [-0.1, -0.05) is 18.2 Å². The maximum absolute atomic E-state index is 4.02. The van der Waals surface area contributed by atoms with Crippen molar-refractivity contribution in [2.24, 2.45) is 0 Å². The number of nitrogens with one attached hydrogen (secondary N) is 2. The summed E-state index contributed by atoms with van der Waals surface area (Å²) in [6.45, 7) is 2.85. The van der Waals surface area contributed by atoms with E-state index in [1.807, 2.05) is 24.5 Å². The van der Waals surface area contributed by atoms with Crippen molar-refractivity contribution in [2.75, 3.05) is 11.9 Å². The van der Waals surface area contributed by atoms with E-state index in [4.69, 9.17) is 0 Å². The van der Waals surface area contributed by atoms with Crippen molar-refractivity contribution in [3.05, 3.63) is 59.4 Å². The molecule has 0 bridgehead atoms. The van der Waals surface area contributed by atoms with Crippen LogP contribution in [0.5, 0.6) is 0 Å². The van der Waals surface area contributed by atoms with Gasteiger partial charge in [0.05, 0.1) is 0 Å². The van der Waals surface area contributed by atoms with E-state index in [2.05, 4.69) is 33.8 Å². The van der Waals surface area contributed by atoms with Gasteiger partial charge in [-0.2, -0.15) is 0 Å². The number of hydrogen-bond donors (Lipinski definition) is 2. The number of para-hydroxylation sites is 1. The number of nitrogens with zero attached hydrogens (tertiary/aromatic N) is 1. The second-order valence-electron chi connectivity index (χ2n) is 4.59. The summed E-state index contributed by atoms with van der Waals surface area (Å²) in [5.74, 6) is 0. The maximum Gasteiger partial charge on any atom is 0.0419 e. The number of pyridine rings is 1. The Hall–Kier alpha value is -1.87. The Morgan fingerprint density at radius 1 is 1.11 bits per heavy atom. The number of hydrogen-bond acceptors (Lipinski definition) is 3. The summed E-state index contributed by atoms with van der Waals surface area (Å²) in [6.07, 6.45) is 4.81. The predicted molar refractivity (Wildman–Crippen MR) is 73.4 cm³/mol. The van der Waals surface area contributed by atoms with E-state index < -0.39 is 0 Å². The quantitative estimate of drug-likeness (QED) is 0.860. The predicted octanol–water partition coefficient (Wildman–Crippen LogP) is 2.34. The first-order chi connectivity index (χ1) is 8.93. The van der Waals surface area contributed by atoms with Gasteiger partial charge in [-0.05, 0) is 35.2 Å². The lowest BCUT2D eigenvalue weighted by Gasteiger charge is -2.10. The van der Waals surface area contributed by atoms with Crippen LogP contribution in [0, 0.1) is 0 Å². The van der Waals surface area contributed by atoms with Crippen LogP contribution < -0.4 is 10.6 Å². The molecule has 1 aliphatic heterocycles. The Balaban J connectivity index is 1.63. The van der Waals surface area contributed by atoms with Gasteiger partial charge >= 0.3 is 0 Å². The Labute approximate surface area is 107 Å². The molecule has 0 aliphatic carbocycles. The van der Waals surface area contributed by atoms with Crippen molar-refractivity contribution in [1.82, 2.24) is 10.3 Å². The van der Waals surface area contributed by atoms with E-state index in [-0.39, 0.29) is 0 Å². The number of rotatable bonds is 4. The zero-order valence-electron chi connectivity index (χ0n) is 10.3. The van der Waals surface area contributed by atoms with Crippen molar-refractivity contribution in [1.29, 1.82) is 0 Å². The van der Waals surface area contributed by atoms with Gasteiger partial charge in [0.25, 0.3) is 0 Å². The molecule has 3 nitrogen and oxygen atoms in total. The molecule has 0 spiro atoms. The smallest absolute Gasteiger partial charge is 0.0419 e. The molecular formula is C15H17N3. The van der Waals surface area contributed by atoms with Crippen LogP contribution >= 0.6 is 0 Å². The minimum atomic E-state index is 0.881. The van der Waals surface area contributed by atoms with Gasteiger partial charge in [-0.3, -0.25) is 4.98 Å². The first-order valence-electron chi connectivity index (χ1n) is 6.38. The van der Waals surface area contributed by atoms with E-state index in [1.165, 1.54) is 22.4 Å². The molecule has 0 saturated heterocycles. The maximum atomic E-state index is 4.02. The van der Waals surface area contributed by atoms with E-state index in [0.717, 1.165) is 26.1 Å². The number of fused-ring (bicyclic) bond motifs is 1. The van der Waals surface area contributed by atoms with Crippen LogP contribution in [0.2, 0.25) is 0 Å². The fourth-order valence-corrected chi connectivity index (χ4v) is 2.40. The average Bonchev–Trinajstić information content (AvgIpc) is 2.89. The SMILES string of the molecule is c1cc2c(c(CNCc3ccncc3)c1)NCC2. The highest BCUT2D eigenvalue weighted by Crippen LogP contribution is 2.26. The fraction of sp³-hybridized carbons (Fsp3) is 0.267. The molecule has 1 aliphatic rings. The van der Waals surface area contributed by atoms with Gasteiger partial charge in [0.2, 0.25) is 0 Å². The normalized spacial score (nSPS) is 13.1. The number of aromatic nitrogens is 1. The molecule has 92 valence electrons. The molecule has 0 saturated carbocycles. The van der Waals surface area contributed by atoms with E-state index in [1.54, 1.807) is 0 Å². The molecule has 0 radical (unpaired) electrons. The van der Waals surface area contributed by atoms with E-state index in [0.29, 0.717) is 0 Å². The molecule has 3 rings (SSSR count). The van der Waals surface area contributed by atoms with Crippen LogP contribution in [0.3, 0.4) is 0 Å². The minimum absolute atomic E-state index is 0.881.